The number of nitrogens with zero attached hydrogens (tertiary/aromatic N) is 2. The second-order valence-electron chi connectivity index (χ2n) is 8.40. The number of benzene rings is 1. The standard InChI is InChI=1S/C21H33N3O4S/c1-27-20-7-6-16-17(21(20)28-2)8-11-23-14-15-5-3-10-24(18(15)13-19(16)23)29(25,26)12-4-9-22/h6-7,15,18-19H,3-5,8-14,22H2,1-2H3/t15-,18+,19-/m0/s1. The Hall–Kier alpha value is -1.35. The maximum Gasteiger partial charge on any atom is 0.214 e. The molecule has 1 aromatic rings. The number of hydrogen-bond donors (Lipinski definition) is 1. The molecule has 7 nitrogen and oxygen atoms in total. The van der Waals surface area contributed by atoms with E-state index in [9.17, 15) is 8.42 Å². The summed E-state index contributed by atoms with van der Waals surface area (Å²) >= 11 is 0. The lowest BCUT2D eigenvalue weighted by atomic mass is 9.77. The van der Waals surface area contributed by atoms with Crippen molar-refractivity contribution >= 4 is 10.0 Å². The lowest BCUT2D eigenvalue weighted by molar-refractivity contribution is 0.0216. The summed E-state index contributed by atoms with van der Waals surface area (Å²) < 4.78 is 39.0. The number of hydrogen-bond acceptors (Lipinski definition) is 6. The Balaban J connectivity index is 1.65. The Bertz CT molecular complexity index is 845. The fourth-order valence-corrected chi connectivity index (χ4v) is 7.41. The van der Waals surface area contributed by atoms with Crippen LogP contribution < -0.4 is 15.2 Å². The van der Waals surface area contributed by atoms with Crippen LogP contribution in [0.15, 0.2) is 12.1 Å². The third kappa shape index (κ3) is 3.76. The molecule has 3 atom stereocenters. The van der Waals surface area contributed by atoms with E-state index in [4.69, 9.17) is 15.2 Å². The van der Waals surface area contributed by atoms with Gasteiger partial charge in [0.2, 0.25) is 10.0 Å². The quantitative estimate of drug-likeness (QED) is 0.751. The molecule has 4 rings (SSSR count). The van der Waals surface area contributed by atoms with E-state index >= 15 is 0 Å². The third-order valence-corrected chi connectivity index (χ3v) is 8.87. The smallest absolute Gasteiger partial charge is 0.214 e. The van der Waals surface area contributed by atoms with Gasteiger partial charge in [0.1, 0.15) is 0 Å². The molecule has 162 valence electrons. The van der Waals surface area contributed by atoms with E-state index in [0.29, 0.717) is 25.4 Å². The molecule has 0 spiro atoms. The van der Waals surface area contributed by atoms with Crippen molar-refractivity contribution in [2.24, 2.45) is 11.7 Å². The van der Waals surface area contributed by atoms with Gasteiger partial charge in [-0.3, -0.25) is 4.90 Å². The average molecular weight is 424 g/mol. The van der Waals surface area contributed by atoms with E-state index in [1.165, 1.54) is 11.1 Å². The van der Waals surface area contributed by atoms with Gasteiger partial charge < -0.3 is 15.2 Å². The summed E-state index contributed by atoms with van der Waals surface area (Å²) in [4.78, 5) is 2.55. The van der Waals surface area contributed by atoms with Crippen LogP contribution >= 0.6 is 0 Å². The van der Waals surface area contributed by atoms with Gasteiger partial charge in [0.25, 0.3) is 0 Å². The van der Waals surface area contributed by atoms with Gasteiger partial charge in [0.05, 0.1) is 20.0 Å². The highest BCUT2D eigenvalue weighted by atomic mass is 32.2. The molecule has 0 saturated carbocycles. The number of fused-ring (bicyclic) bond motifs is 4. The maximum absolute atomic E-state index is 13.0. The average Bonchev–Trinajstić information content (AvgIpc) is 2.74. The van der Waals surface area contributed by atoms with Crippen molar-refractivity contribution in [1.82, 2.24) is 9.21 Å². The van der Waals surface area contributed by atoms with E-state index in [1.54, 1.807) is 14.2 Å². The van der Waals surface area contributed by atoms with Gasteiger partial charge in [-0.15, -0.1) is 0 Å². The van der Waals surface area contributed by atoms with Gasteiger partial charge in [0.15, 0.2) is 11.5 Å². The van der Waals surface area contributed by atoms with Crippen molar-refractivity contribution in [3.05, 3.63) is 23.3 Å². The topological polar surface area (TPSA) is 85.1 Å². The Kier molecular flexibility index (Phi) is 6.06. The Morgan fingerprint density at radius 1 is 1.21 bits per heavy atom. The molecule has 3 heterocycles. The van der Waals surface area contributed by atoms with Crippen LogP contribution in [0.5, 0.6) is 11.5 Å². The largest absolute Gasteiger partial charge is 0.493 e. The zero-order chi connectivity index (χ0) is 20.6. The van der Waals surface area contributed by atoms with E-state index < -0.39 is 10.0 Å². The second-order valence-corrected chi connectivity index (χ2v) is 10.4. The number of methoxy groups -OCH3 is 2. The second kappa shape index (κ2) is 8.41. The fourth-order valence-electron chi connectivity index (χ4n) is 5.56. The first-order valence-corrected chi connectivity index (χ1v) is 12.3. The van der Waals surface area contributed by atoms with Crippen LogP contribution in [0.4, 0.5) is 0 Å². The number of rotatable bonds is 6. The Morgan fingerprint density at radius 2 is 2.03 bits per heavy atom. The van der Waals surface area contributed by atoms with Crippen LogP contribution in [0.2, 0.25) is 0 Å². The van der Waals surface area contributed by atoms with Gasteiger partial charge in [-0.1, -0.05) is 6.07 Å². The summed E-state index contributed by atoms with van der Waals surface area (Å²) in [5, 5.41) is 0. The lowest BCUT2D eigenvalue weighted by Crippen LogP contribution is -2.57. The SMILES string of the molecule is COc1ccc2c(c1OC)CCN1C[C@@H]3CCCN(S(=O)(=O)CCCN)[C@@H]3C[C@@H]21. The van der Waals surface area contributed by atoms with Crippen molar-refractivity contribution in [1.29, 1.82) is 0 Å². The first-order chi connectivity index (χ1) is 14.0. The Morgan fingerprint density at radius 3 is 2.76 bits per heavy atom. The molecular weight excluding hydrogens is 390 g/mol. The maximum atomic E-state index is 13.0. The monoisotopic (exact) mass is 423 g/mol. The van der Waals surface area contributed by atoms with Crippen LogP contribution in [-0.4, -0.2) is 69.8 Å². The molecule has 0 radical (unpaired) electrons. The first kappa shape index (κ1) is 20.9. The highest BCUT2D eigenvalue weighted by molar-refractivity contribution is 7.89. The van der Waals surface area contributed by atoms with Crippen molar-refractivity contribution in [2.75, 3.05) is 46.2 Å². The Labute approximate surface area is 174 Å². The minimum absolute atomic E-state index is 0.0758. The number of sulfonamides is 1. The van der Waals surface area contributed by atoms with Crippen molar-refractivity contribution in [3.63, 3.8) is 0 Å². The molecule has 2 N–H and O–H groups in total. The molecule has 1 aromatic carbocycles. The molecule has 0 aliphatic carbocycles. The summed E-state index contributed by atoms with van der Waals surface area (Å²) in [5.41, 5.74) is 8.05. The van der Waals surface area contributed by atoms with Crippen LogP contribution in [0.1, 0.15) is 42.9 Å². The predicted molar refractivity (Wildman–Crippen MR) is 113 cm³/mol. The van der Waals surface area contributed by atoms with E-state index in [1.807, 2.05) is 10.4 Å². The fraction of sp³-hybridized carbons (Fsp3) is 0.714. The first-order valence-electron chi connectivity index (χ1n) is 10.7. The van der Waals surface area contributed by atoms with Crippen molar-refractivity contribution in [2.45, 2.75) is 44.2 Å². The minimum atomic E-state index is -3.26. The molecule has 29 heavy (non-hydrogen) atoms. The molecule has 0 unspecified atom stereocenters. The molecule has 3 aliphatic rings. The van der Waals surface area contributed by atoms with Crippen LogP contribution in [0, 0.1) is 5.92 Å². The van der Waals surface area contributed by atoms with Crippen LogP contribution in [0.3, 0.4) is 0 Å². The van der Waals surface area contributed by atoms with Gasteiger partial charge in [-0.05, 0) is 56.2 Å². The minimum Gasteiger partial charge on any atom is -0.493 e. The van der Waals surface area contributed by atoms with E-state index in [-0.39, 0.29) is 17.8 Å². The summed E-state index contributed by atoms with van der Waals surface area (Å²) in [5.74, 6) is 2.15. The summed E-state index contributed by atoms with van der Waals surface area (Å²) in [6.07, 6.45) is 4.35. The van der Waals surface area contributed by atoms with Crippen molar-refractivity contribution < 1.29 is 17.9 Å². The summed E-state index contributed by atoms with van der Waals surface area (Å²) in [6, 6.07) is 4.42. The normalized spacial score (nSPS) is 27.6. The summed E-state index contributed by atoms with van der Waals surface area (Å²) in [7, 11) is 0.0877. The summed E-state index contributed by atoms with van der Waals surface area (Å²) in [6.45, 7) is 2.99. The molecule has 8 heteroatoms. The molecule has 2 saturated heterocycles. The molecular formula is C21H33N3O4S. The molecule has 0 amide bonds. The number of piperidine rings is 2. The van der Waals surface area contributed by atoms with E-state index in [0.717, 1.165) is 50.3 Å². The van der Waals surface area contributed by atoms with Gasteiger partial charge in [-0.25, -0.2) is 8.42 Å². The number of nitrogens with two attached hydrogens (primary N) is 1. The molecule has 3 aliphatic heterocycles. The van der Waals surface area contributed by atoms with Crippen LogP contribution in [0.25, 0.3) is 0 Å². The van der Waals surface area contributed by atoms with E-state index in [2.05, 4.69) is 11.0 Å². The van der Waals surface area contributed by atoms with Gasteiger partial charge in [0, 0.05) is 37.3 Å². The molecule has 0 aromatic heterocycles. The molecule has 0 bridgehead atoms. The van der Waals surface area contributed by atoms with Gasteiger partial charge >= 0.3 is 0 Å². The molecule has 2 fully saturated rings. The van der Waals surface area contributed by atoms with Crippen LogP contribution in [-0.2, 0) is 16.4 Å². The highest BCUT2D eigenvalue weighted by Gasteiger charge is 2.46. The zero-order valence-electron chi connectivity index (χ0n) is 17.5. The zero-order valence-corrected chi connectivity index (χ0v) is 18.3. The predicted octanol–water partition coefficient (Wildman–Crippen LogP) is 1.77. The van der Waals surface area contributed by atoms with Gasteiger partial charge in [-0.2, -0.15) is 4.31 Å². The highest BCUT2D eigenvalue weighted by Crippen LogP contribution is 2.47. The lowest BCUT2D eigenvalue weighted by Gasteiger charge is -2.51. The van der Waals surface area contributed by atoms with Crippen molar-refractivity contribution in [3.8, 4) is 11.5 Å². The third-order valence-electron chi connectivity index (χ3n) is 6.90. The number of ether oxygens (including phenoxy) is 2.